The monoisotopic (exact) mass is 277 g/mol. The van der Waals surface area contributed by atoms with E-state index >= 15 is 0 Å². The zero-order valence-electron chi connectivity index (χ0n) is 11.4. The first-order chi connectivity index (χ1) is 9.28. The number of nitrogens with zero attached hydrogens (tertiary/aromatic N) is 4. The van der Waals surface area contributed by atoms with Crippen LogP contribution in [0, 0.1) is 11.3 Å². The van der Waals surface area contributed by atoms with Gasteiger partial charge in [-0.25, -0.2) is 9.97 Å². The summed E-state index contributed by atoms with van der Waals surface area (Å²) >= 11 is 1.54. The Labute approximate surface area is 118 Å². The van der Waals surface area contributed by atoms with Gasteiger partial charge in [-0.15, -0.1) is 0 Å². The summed E-state index contributed by atoms with van der Waals surface area (Å²) in [6.07, 6.45) is 4.90. The summed E-state index contributed by atoms with van der Waals surface area (Å²) in [6.45, 7) is 3.64. The zero-order chi connectivity index (χ0) is 13.7. The molecule has 0 bridgehead atoms. The summed E-state index contributed by atoms with van der Waals surface area (Å²) in [5, 5.41) is 12.8. The molecule has 1 N–H and O–H groups in total. The van der Waals surface area contributed by atoms with Crippen LogP contribution in [-0.2, 0) is 0 Å². The van der Waals surface area contributed by atoms with E-state index in [4.69, 9.17) is 5.26 Å². The molecular weight excluding hydrogens is 258 g/mol. The van der Waals surface area contributed by atoms with Crippen LogP contribution in [0.4, 0.5) is 11.6 Å². The fraction of sp³-hybridized carbons (Fsp3) is 0.615. The third kappa shape index (κ3) is 3.74. The highest BCUT2D eigenvalue weighted by Crippen LogP contribution is 2.32. The highest BCUT2D eigenvalue weighted by molar-refractivity contribution is 7.98. The van der Waals surface area contributed by atoms with E-state index in [0.717, 1.165) is 29.9 Å². The van der Waals surface area contributed by atoms with Crippen LogP contribution in [0.15, 0.2) is 11.2 Å². The Morgan fingerprint density at radius 1 is 1.53 bits per heavy atom. The number of thioether (sulfide) groups is 1. The molecule has 5 nitrogen and oxygen atoms in total. The molecule has 1 aromatic heterocycles. The fourth-order valence-electron chi connectivity index (χ4n) is 1.96. The van der Waals surface area contributed by atoms with Gasteiger partial charge in [0.15, 0.2) is 5.16 Å². The predicted molar refractivity (Wildman–Crippen MR) is 78.6 cm³/mol. The fourth-order valence-corrected chi connectivity index (χ4v) is 2.34. The number of hydrogen-bond donors (Lipinski definition) is 1. The lowest BCUT2D eigenvalue weighted by atomic mass is 10.3. The van der Waals surface area contributed by atoms with E-state index in [0.29, 0.717) is 12.5 Å². The standard InChI is InChI=1S/C13H19N5S/c1-3-15-11-9-12(17-13(16-11)19-2)18(8-4-7-14)10-5-6-10/h9-10H,3-6,8H2,1-2H3,(H,15,16,17). The van der Waals surface area contributed by atoms with Gasteiger partial charge in [0, 0.05) is 25.2 Å². The Morgan fingerprint density at radius 3 is 2.89 bits per heavy atom. The molecule has 1 aliphatic rings. The van der Waals surface area contributed by atoms with Crippen molar-refractivity contribution in [1.29, 1.82) is 5.26 Å². The van der Waals surface area contributed by atoms with E-state index in [1.54, 1.807) is 11.8 Å². The maximum Gasteiger partial charge on any atom is 0.191 e. The molecule has 0 atom stereocenters. The summed E-state index contributed by atoms with van der Waals surface area (Å²) in [6, 6.07) is 4.75. The Balaban J connectivity index is 2.24. The average Bonchev–Trinajstić information content (AvgIpc) is 3.24. The largest absolute Gasteiger partial charge is 0.370 e. The molecule has 19 heavy (non-hydrogen) atoms. The molecule has 6 heteroatoms. The van der Waals surface area contributed by atoms with Gasteiger partial charge in [0.1, 0.15) is 11.6 Å². The first kappa shape index (κ1) is 13.9. The molecule has 2 rings (SSSR count). The molecule has 0 aromatic carbocycles. The van der Waals surface area contributed by atoms with Crippen LogP contribution in [0.3, 0.4) is 0 Å². The van der Waals surface area contributed by atoms with Crippen LogP contribution in [-0.4, -0.2) is 35.4 Å². The van der Waals surface area contributed by atoms with Gasteiger partial charge < -0.3 is 10.2 Å². The van der Waals surface area contributed by atoms with E-state index in [-0.39, 0.29) is 0 Å². The molecule has 1 heterocycles. The molecule has 1 aromatic rings. The van der Waals surface area contributed by atoms with E-state index < -0.39 is 0 Å². The van der Waals surface area contributed by atoms with E-state index in [1.165, 1.54) is 12.8 Å². The van der Waals surface area contributed by atoms with Crippen molar-refractivity contribution in [2.45, 2.75) is 37.4 Å². The minimum absolute atomic E-state index is 0.533. The van der Waals surface area contributed by atoms with Crippen LogP contribution >= 0.6 is 11.8 Å². The lowest BCUT2D eigenvalue weighted by molar-refractivity contribution is 0.763. The van der Waals surface area contributed by atoms with Crippen molar-refractivity contribution in [3.63, 3.8) is 0 Å². The van der Waals surface area contributed by atoms with E-state index in [2.05, 4.69) is 33.2 Å². The van der Waals surface area contributed by atoms with Crippen molar-refractivity contribution < 1.29 is 0 Å². The number of aromatic nitrogens is 2. The Hall–Kier alpha value is -1.48. The van der Waals surface area contributed by atoms with E-state index in [1.807, 2.05) is 12.3 Å². The molecule has 0 spiro atoms. The molecule has 1 aliphatic carbocycles. The van der Waals surface area contributed by atoms with Crippen molar-refractivity contribution in [3.8, 4) is 6.07 Å². The predicted octanol–water partition coefficient (Wildman–Crippen LogP) is 2.51. The average molecular weight is 277 g/mol. The molecule has 102 valence electrons. The first-order valence-electron chi connectivity index (χ1n) is 6.59. The number of nitriles is 1. The maximum atomic E-state index is 8.78. The molecule has 0 unspecified atom stereocenters. The lowest BCUT2D eigenvalue weighted by Crippen LogP contribution is -2.28. The van der Waals surface area contributed by atoms with Gasteiger partial charge in [0.25, 0.3) is 0 Å². The van der Waals surface area contributed by atoms with Crippen molar-refractivity contribution >= 4 is 23.4 Å². The molecule has 0 aliphatic heterocycles. The highest BCUT2D eigenvalue weighted by Gasteiger charge is 2.30. The molecule has 0 radical (unpaired) electrons. The molecule has 1 fully saturated rings. The van der Waals surface area contributed by atoms with Crippen LogP contribution in [0.5, 0.6) is 0 Å². The number of rotatable bonds is 7. The van der Waals surface area contributed by atoms with Crippen LogP contribution in [0.2, 0.25) is 0 Å². The second-order valence-electron chi connectivity index (χ2n) is 4.46. The van der Waals surface area contributed by atoms with E-state index in [9.17, 15) is 0 Å². The summed E-state index contributed by atoms with van der Waals surface area (Å²) in [4.78, 5) is 11.3. The minimum Gasteiger partial charge on any atom is -0.370 e. The Morgan fingerprint density at radius 2 is 2.32 bits per heavy atom. The maximum absolute atomic E-state index is 8.78. The smallest absolute Gasteiger partial charge is 0.191 e. The highest BCUT2D eigenvalue weighted by atomic mass is 32.2. The summed E-state index contributed by atoms with van der Waals surface area (Å²) in [7, 11) is 0. The second-order valence-corrected chi connectivity index (χ2v) is 5.23. The normalized spacial score (nSPS) is 13.9. The second kappa shape index (κ2) is 6.62. The van der Waals surface area contributed by atoms with Crippen molar-refractivity contribution in [2.24, 2.45) is 0 Å². The van der Waals surface area contributed by atoms with Gasteiger partial charge in [-0.3, -0.25) is 0 Å². The van der Waals surface area contributed by atoms with Gasteiger partial charge in [-0.05, 0) is 26.0 Å². The van der Waals surface area contributed by atoms with Gasteiger partial charge in [0.05, 0.1) is 12.5 Å². The van der Waals surface area contributed by atoms with Gasteiger partial charge >= 0.3 is 0 Å². The topological polar surface area (TPSA) is 64.8 Å². The number of nitrogens with one attached hydrogen (secondary N) is 1. The van der Waals surface area contributed by atoms with Gasteiger partial charge in [-0.2, -0.15) is 5.26 Å². The van der Waals surface area contributed by atoms with Crippen molar-refractivity contribution in [2.75, 3.05) is 29.6 Å². The Kier molecular flexibility index (Phi) is 4.86. The molecule has 0 saturated heterocycles. The summed E-state index contributed by atoms with van der Waals surface area (Å²) in [5.41, 5.74) is 0. The van der Waals surface area contributed by atoms with Crippen LogP contribution in [0.1, 0.15) is 26.2 Å². The van der Waals surface area contributed by atoms with Crippen LogP contribution < -0.4 is 10.2 Å². The number of hydrogen-bond acceptors (Lipinski definition) is 6. The quantitative estimate of drug-likeness (QED) is 0.610. The third-order valence-electron chi connectivity index (χ3n) is 2.98. The molecule has 0 amide bonds. The summed E-state index contributed by atoms with van der Waals surface area (Å²) < 4.78 is 0. The number of anilines is 2. The van der Waals surface area contributed by atoms with Crippen LogP contribution in [0.25, 0.3) is 0 Å². The van der Waals surface area contributed by atoms with Gasteiger partial charge in [-0.1, -0.05) is 11.8 Å². The SMILES string of the molecule is CCNc1cc(N(CCC#N)C2CC2)nc(SC)n1. The summed E-state index contributed by atoms with van der Waals surface area (Å²) in [5.74, 6) is 1.80. The Bertz CT molecular complexity index is 467. The third-order valence-corrected chi connectivity index (χ3v) is 3.53. The van der Waals surface area contributed by atoms with Gasteiger partial charge in [0.2, 0.25) is 0 Å². The van der Waals surface area contributed by atoms with Crippen molar-refractivity contribution in [3.05, 3.63) is 6.07 Å². The zero-order valence-corrected chi connectivity index (χ0v) is 12.2. The molecule has 1 saturated carbocycles. The minimum atomic E-state index is 0.533. The van der Waals surface area contributed by atoms with Crippen molar-refractivity contribution in [1.82, 2.24) is 9.97 Å². The lowest BCUT2D eigenvalue weighted by Gasteiger charge is -2.23. The molecular formula is C13H19N5S. The first-order valence-corrected chi connectivity index (χ1v) is 7.81.